The number of rotatable bonds is 3. The van der Waals surface area contributed by atoms with Crippen LogP contribution in [-0.4, -0.2) is 21.1 Å². The number of nitro groups is 1. The van der Waals surface area contributed by atoms with Crippen LogP contribution in [0.5, 0.6) is 0 Å². The molecule has 0 bridgehead atoms. The van der Waals surface area contributed by atoms with Gasteiger partial charge in [-0.2, -0.15) is 0 Å². The van der Waals surface area contributed by atoms with Crippen LogP contribution < -0.4 is 5.73 Å². The lowest BCUT2D eigenvalue weighted by molar-refractivity contribution is -0.385. The third-order valence-electron chi connectivity index (χ3n) is 1.84. The molecule has 1 rings (SSSR count). The van der Waals surface area contributed by atoms with Crippen molar-refractivity contribution in [3.63, 3.8) is 0 Å². The molecule has 0 radical (unpaired) electrons. The molecular formula is C8H11N3O3. The van der Waals surface area contributed by atoms with Gasteiger partial charge in [0.15, 0.2) is 0 Å². The van der Waals surface area contributed by atoms with Crippen molar-refractivity contribution in [2.45, 2.75) is 19.1 Å². The second-order valence-corrected chi connectivity index (χ2v) is 2.96. The van der Waals surface area contributed by atoms with Gasteiger partial charge in [-0.1, -0.05) is 0 Å². The molecule has 76 valence electrons. The van der Waals surface area contributed by atoms with E-state index in [4.69, 9.17) is 10.8 Å². The molecule has 14 heavy (non-hydrogen) atoms. The van der Waals surface area contributed by atoms with E-state index in [1.165, 1.54) is 19.1 Å². The summed E-state index contributed by atoms with van der Waals surface area (Å²) in [7, 11) is 0. The van der Waals surface area contributed by atoms with E-state index in [9.17, 15) is 10.1 Å². The highest BCUT2D eigenvalue weighted by molar-refractivity contribution is 5.27. The van der Waals surface area contributed by atoms with E-state index >= 15 is 0 Å². The predicted molar refractivity (Wildman–Crippen MR) is 49.5 cm³/mol. The van der Waals surface area contributed by atoms with Gasteiger partial charge in [0.2, 0.25) is 0 Å². The normalized spacial score (nSPS) is 14.8. The van der Waals surface area contributed by atoms with Gasteiger partial charge in [0.05, 0.1) is 22.8 Å². The molecular weight excluding hydrogens is 186 g/mol. The van der Waals surface area contributed by atoms with Crippen molar-refractivity contribution in [1.29, 1.82) is 0 Å². The Morgan fingerprint density at radius 2 is 2.29 bits per heavy atom. The standard InChI is InChI=1S/C8H11N3O3/c1-5(12)8(9)7-3-2-6(4-10-7)11(13)14/h2-5,8,12H,9H2,1H3/t5-,8-/m0/s1. The van der Waals surface area contributed by atoms with Crippen LogP contribution in [0.2, 0.25) is 0 Å². The van der Waals surface area contributed by atoms with E-state index in [2.05, 4.69) is 4.98 Å². The molecule has 2 atom stereocenters. The molecule has 1 aromatic heterocycles. The van der Waals surface area contributed by atoms with E-state index in [0.717, 1.165) is 6.20 Å². The SMILES string of the molecule is C[C@H](O)[C@H](N)c1ccc([N+](=O)[O-])cn1. The summed E-state index contributed by atoms with van der Waals surface area (Å²) >= 11 is 0. The van der Waals surface area contributed by atoms with Crippen molar-refractivity contribution in [2.24, 2.45) is 5.73 Å². The molecule has 3 N–H and O–H groups in total. The summed E-state index contributed by atoms with van der Waals surface area (Å²) in [4.78, 5) is 13.6. The fraction of sp³-hybridized carbons (Fsp3) is 0.375. The Kier molecular flexibility index (Phi) is 3.10. The number of aromatic nitrogens is 1. The first-order valence-electron chi connectivity index (χ1n) is 4.06. The van der Waals surface area contributed by atoms with Crippen molar-refractivity contribution in [3.8, 4) is 0 Å². The lowest BCUT2D eigenvalue weighted by Crippen LogP contribution is -2.24. The number of hydrogen-bond acceptors (Lipinski definition) is 5. The van der Waals surface area contributed by atoms with Gasteiger partial charge >= 0.3 is 0 Å². The Bertz CT molecular complexity index is 323. The minimum absolute atomic E-state index is 0.0912. The molecule has 6 heteroatoms. The monoisotopic (exact) mass is 197 g/mol. The molecule has 0 aliphatic heterocycles. The molecule has 0 aliphatic rings. The van der Waals surface area contributed by atoms with Crippen LogP contribution in [0.1, 0.15) is 18.7 Å². The molecule has 0 amide bonds. The summed E-state index contributed by atoms with van der Waals surface area (Å²) in [5.41, 5.74) is 5.93. The lowest BCUT2D eigenvalue weighted by atomic mass is 10.1. The third kappa shape index (κ3) is 2.24. The Hall–Kier alpha value is -1.53. The number of hydrogen-bond donors (Lipinski definition) is 2. The molecule has 0 spiro atoms. The number of aliphatic hydroxyl groups is 1. The summed E-state index contributed by atoms with van der Waals surface area (Å²) in [6, 6.07) is 2.14. The Morgan fingerprint density at radius 1 is 1.64 bits per heavy atom. The first kappa shape index (κ1) is 10.6. The second-order valence-electron chi connectivity index (χ2n) is 2.96. The predicted octanol–water partition coefficient (Wildman–Crippen LogP) is 0.370. The molecule has 1 aromatic rings. The molecule has 0 fully saturated rings. The Morgan fingerprint density at radius 3 is 2.64 bits per heavy atom. The smallest absolute Gasteiger partial charge is 0.287 e. The molecule has 6 nitrogen and oxygen atoms in total. The molecule has 0 aliphatic carbocycles. The van der Waals surface area contributed by atoms with Crippen LogP contribution in [0.25, 0.3) is 0 Å². The van der Waals surface area contributed by atoms with Gasteiger partial charge in [0.25, 0.3) is 5.69 Å². The summed E-state index contributed by atoms with van der Waals surface area (Å²) in [5, 5.41) is 19.5. The van der Waals surface area contributed by atoms with Gasteiger partial charge < -0.3 is 10.8 Å². The highest BCUT2D eigenvalue weighted by Gasteiger charge is 2.14. The maximum atomic E-state index is 10.3. The van der Waals surface area contributed by atoms with Crippen LogP contribution in [-0.2, 0) is 0 Å². The summed E-state index contributed by atoms with van der Waals surface area (Å²) < 4.78 is 0. The number of aliphatic hydroxyl groups excluding tert-OH is 1. The van der Waals surface area contributed by atoms with Gasteiger partial charge in [-0.15, -0.1) is 0 Å². The number of nitrogens with two attached hydrogens (primary N) is 1. The zero-order valence-corrected chi connectivity index (χ0v) is 7.62. The van der Waals surface area contributed by atoms with Crippen molar-refractivity contribution < 1.29 is 10.0 Å². The van der Waals surface area contributed by atoms with E-state index in [1.807, 2.05) is 0 Å². The average Bonchev–Trinajstić information content (AvgIpc) is 2.16. The minimum Gasteiger partial charge on any atom is -0.391 e. The highest BCUT2D eigenvalue weighted by atomic mass is 16.6. The molecule has 0 saturated heterocycles. The van der Waals surface area contributed by atoms with Gasteiger partial charge in [0.1, 0.15) is 6.20 Å². The summed E-state index contributed by atoms with van der Waals surface area (Å²) in [6.45, 7) is 1.54. The Labute approximate surface area is 80.5 Å². The van der Waals surface area contributed by atoms with Crippen molar-refractivity contribution in [2.75, 3.05) is 0 Å². The van der Waals surface area contributed by atoms with E-state index in [-0.39, 0.29) is 5.69 Å². The zero-order chi connectivity index (χ0) is 10.7. The number of nitrogens with zero attached hydrogens (tertiary/aromatic N) is 2. The van der Waals surface area contributed by atoms with Crippen LogP contribution in [0, 0.1) is 10.1 Å². The first-order valence-corrected chi connectivity index (χ1v) is 4.06. The van der Waals surface area contributed by atoms with E-state index in [0.29, 0.717) is 5.69 Å². The van der Waals surface area contributed by atoms with Crippen LogP contribution in [0.3, 0.4) is 0 Å². The first-order chi connectivity index (χ1) is 6.52. The van der Waals surface area contributed by atoms with Gasteiger partial charge in [-0.05, 0) is 13.0 Å². The molecule has 1 heterocycles. The maximum absolute atomic E-state index is 10.3. The third-order valence-corrected chi connectivity index (χ3v) is 1.84. The maximum Gasteiger partial charge on any atom is 0.287 e. The highest BCUT2D eigenvalue weighted by Crippen LogP contribution is 2.15. The van der Waals surface area contributed by atoms with Gasteiger partial charge in [-0.3, -0.25) is 15.1 Å². The van der Waals surface area contributed by atoms with Crippen molar-refractivity contribution in [3.05, 3.63) is 34.1 Å². The summed E-state index contributed by atoms with van der Waals surface area (Å²) in [6.07, 6.45) is 0.390. The van der Waals surface area contributed by atoms with Crippen LogP contribution >= 0.6 is 0 Å². The molecule has 0 aromatic carbocycles. The molecule has 0 saturated carbocycles. The van der Waals surface area contributed by atoms with Crippen molar-refractivity contribution in [1.82, 2.24) is 4.98 Å². The minimum atomic E-state index is -0.732. The van der Waals surface area contributed by atoms with Gasteiger partial charge in [0, 0.05) is 6.07 Å². The fourth-order valence-electron chi connectivity index (χ4n) is 0.950. The quantitative estimate of drug-likeness (QED) is 0.538. The summed E-state index contributed by atoms with van der Waals surface area (Å²) in [5.74, 6) is 0. The van der Waals surface area contributed by atoms with E-state index < -0.39 is 17.1 Å². The van der Waals surface area contributed by atoms with E-state index in [1.54, 1.807) is 0 Å². The van der Waals surface area contributed by atoms with Crippen LogP contribution in [0.4, 0.5) is 5.69 Å². The fourth-order valence-corrected chi connectivity index (χ4v) is 0.950. The van der Waals surface area contributed by atoms with Crippen LogP contribution in [0.15, 0.2) is 18.3 Å². The largest absolute Gasteiger partial charge is 0.391 e. The average molecular weight is 197 g/mol. The van der Waals surface area contributed by atoms with Crippen molar-refractivity contribution >= 4 is 5.69 Å². The second kappa shape index (κ2) is 4.12. The Balaban J connectivity index is 2.88. The lowest BCUT2D eigenvalue weighted by Gasteiger charge is -2.12. The van der Waals surface area contributed by atoms with Gasteiger partial charge in [-0.25, -0.2) is 0 Å². The topological polar surface area (TPSA) is 102 Å². The number of pyridine rings is 1. The zero-order valence-electron chi connectivity index (χ0n) is 7.62. The molecule has 0 unspecified atom stereocenters.